The highest BCUT2D eigenvalue weighted by atomic mass is 15.0. The SMILES string of the molecule is CC1(C)c2ccccc2B2c3c(cccc31)-n1c3ccccc3c3c(-c4ccccc4)ccc2c31. The van der Waals surface area contributed by atoms with E-state index in [4.69, 9.17) is 0 Å². The second kappa shape index (κ2) is 6.55. The minimum atomic E-state index is -0.0397. The van der Waals surface area contributed by atoms with Gasteiger partial charge >= 0.3 is 0 Å². The van der Waals surface area contributed by atoms with Crippen molar-refractivity contribution in [3.8, 4) is 16.8 Å². The average Bonchev–Trinajstić information content (AvgIpc) is 3.25. The van der Waals surface area contributed by atoms with Gasteiger partial charge in [0.1, 0.15) is 0 Å². The predicted octanol–water partition coefficient (Wildman–Crippen LogP) is 5.92. The molecule has 3 heterocycles. The zero-order valence-electron chi connectivity index (χ0n) is 19.9. The van der Waals surface area contributed by atoms with Crippen LogP contribution in [0.5, 0.6) is 0 Å². The topological polar surface area (TPSA) is 4.93 Å². The van der Waals surface area contributed by atoms with Crippen molar-refractivity contribution in [2.45, 2.75) is 19.3 Å². The van der Waals surface area contributed by atoms with Gasteiger partial charge in [-0.15, -0.1) is 0 Å². The monoisotopic (exact) mass is 445 g/mol. The number of rotatable bonds is 1. The Morgan fingerprint density at radius 3 is 2.26 bits per heavy atom. The number of hydrogen-bond acceptors (Lipinski definition) is 0. The summed E-state index contributed by atoms with van der Waals surface area (Å²) in [6.07, 6.45) is 0. The Bertz CT molecular complexity index is 1820. The molecule has 0 bridgehead atoms. The minimum Gasteiger partial charge on any atom is -0.310 e. The number of nitrogens with zero attached hydrogens (tertiary/aromatic N) is 1. The van der Waals surface area contributed by atoms with Gasteiger partial charge in [0.2, 0.25) is 6.71 Å². The third kappa shape index (κ3) is 2.30. The van der Waals surface area contributed by atoms with Gasteiger partial charge in [0.15, 0.2) is 0 Å². The Kier molecular flexibility index (Phi) is 3.61. The van der Waals surface area contributed by atoms with Crippen LogP contribution >= 0.6 is 0 Å². The Morgan fingerprint density at radius 1 is 0.629 bits per heavy atom. The summed E-state index contributed by atoms with van der Waals surface area (Å²) in [5.41, 5.74) is 13.7. The van der Waals surface area contributed by atoms with Crippen LogP contribution in [0.2, 0.25) is 0 Å². The van der Waals surface area contributed by atoms with E-state index >= 15 is 0 Å². The Morgan fingerprint density at radius 2 is 1.37 bits per heavy atom. The van der Waals surface area contributed by atoms with E-state index in [0.29, 0.717) is 0 Å². The van der Waals surface area contributed by atoms with Crippen molar-refractivity contribution in [3.63, 3.8) is 0 Å². The Balaban J connectivity index is 1.61. The van der Waals surface area contributed by atoms with Gasteiger partial charge in [0.25, 0.3) is 0 Å². The van der Waals surface area contributed by atoms with Crippen LogP contribution in [-0.2, 0) is 5.41 Å². The third-order valence-electron chi connectivity index (χ3n) is 8.47. The zero-order chi connectivity index (χ0) is 23.3. The maximum absolute atomic E-state index is 2.55. The lowest BCUT2D eigenvalue weighted by molar-refractivity contribution is 0.645. The van der Waals surface area contributed by atoms with Gasteiger partial charge in [-0.25, -0.2) is 0 Å². The van der Waals surface area contributed by atoms with Crippen LogP contribution in [0.4, 0.5) is 0 Å². The molecular formula is C33H24BN. The first kappa shape index (κ1) is 19.3. The molecular weight excluding hydrogens is 421 g/mol. The van der Waals surface area contributed by atoms with E-state index in [9.17, 15) is 0 Å². The highest BCUT2D eigenvalue weighted by Gasteiger charge is 2.44. The van der Waals surface area contributed by atoms with Crippen molar-refractivity contribution in [2.24, 2.45) is 0 Å². The van der Waals surface area contributed by atoms with Gasteiger partial charge in [-0.3, -0.25) is 0 Å². The molecule has 2 aliphatic rings. The molecule has 0 amide bonds. The molecule has 2 aliphatic heterocycles. The average molecular weight is 445 g/mol. The molecule has 1 nitrogen and oxygen atoms in total. The molecule has 0 fully saturated rings. The first-order valence-corrected chi connectivity index (χ1v) is 12.5. The van der Waals surface area contributed by atoms with E-state index in [1.807, 2.05) is 0 Å². The van der Waals surface area contributed by atoms with Crippen LogP contribution in [-0.4, -0.2) is 11.3 Å². The summed E-state index contributed by atoms with van der Waals surface area (Å²) in [5, 5.41) is 2.69. The standard InChI is InChI=1S/C33H24BN/c1-33(2)24-14-7-8-16-26(24)34-27-20-19-22(21-11-4-3-5-12-21)30-23-13-6-9-17-28(23)35(32(27)30)29-18-10-15-25(33)31(29)34/h3-20H,1-2H3. The molecule has 5 aromatic carbocycles. The fourth-order valence-electron chi connectivity index (χ4n) is 7.00. The van der Waals surface area contributed by atoms with Gasteiger partial charge in [0, 0.05) is 27.4 Å². The number of fused-ring (bicyclic) bond motifs is 7. The summed E-state index contributed by atoms with van der Waals surface area (Å²) in [4.78, 5) is 0. The molecule has 8 rings (SSSR count). The van der Waals surface area contributed by atoms with Gasteiger partial charge in [-0.2, -0.15) is 0 Å². The van der Waals surface area contributed by atoms with Crippen LogP contribution in [0.3, 0.4) is 0 Å². The molecule has 0 saturated carbocycles. The van der Waals surface area contributed by atoms with Crippen LogP contribution in [0.1, 0.15) is 25.0 Å². The zero-order valence-corrected chi connectivity index (χ0v) is 19.9. The summed E-state index contributed by atoms with van der Waals surface area (Å²) in [7, 11) is 0. The van der Waals surface area contributed by atoms with Crippen molar-refractivity contribution in [1.82, 2.24) is 4.57 Å². The van der Waals surface area contributed by atoms with Crippen molar-refractivity contribution >= 4 is 44.9 Å². The van der Waals surface area contributed by atoms with Gasteiger partial charge < -0.3 is 4.57 Å². The number of aromatic nitrogens is 1. The smallest absolute Gasteiger partial charge is 0.247 e. The molecule has 0 atom stereocenters. The molecule has 1 aromatic heterocycles. The van der Waals surface area contributed by atoms with Crippen molar-refractivity contribution < 1.29 is 0 Å². The second-order valence-corrected chi connectivity index (χ2v) is 10.5. The lowest BCUT2D eigenvalue weighted by Gasteiger charge is -2.41. The number of para-hydroxylation sites is 1. The minimum absolute atomic E-state index is 0.0397. The van der Waals surface area contributed by atoms with E-state index in [-0.39, 0.29) is 12.1 Å². The number of benzene rings is 5. The summed E-state index contributed by atoms with van der Waals surface area (Å²) >= 11 is 0. The summed E-state index contributed by atoms with van der Waals surface area (Å²) in [5.74, 6) is 0. The summed E-state index contributed by atoms with van der Waals surface area (Å²) < 4.78 is 2.55. The maximum atomic E-state index is 2.55. The molecule has 0 saturated heterocycles. The molecule has 0 aliphatic carbocycles. The van der Waals surface area contributed by atoms with Crippen LogP contribution < -0.4 is 16.4 Å². The lowest BCUT2D eigenvalue weighted by Crippen LogP contribution is -2.63. The Hall–Kier alpha value is -4.04. The van der Waals surface area contributed by atoms with Crippen LogP contribution in [0.15, 0.2) is 109 Å². The van der Waals surface area contributed by atoms with E-state index in [0.717, 1.165) is 0 Å². The van der Waals surface area contributed by atoms with Crippen LogP contribution in [0, 0.1) is 0 Å². The van der Waals surface area contributed by atoms with E-state index in [2.05, 4.69) is 128 Å². The molecule has 35 heavy (non-hydrogen) atoms. The van der Waals surface area contributed by atoms with Crippen molar-refractivity contribution in [1.29, 1.82) is 0 Å². The molecule has 0 unspecified atom stereocenters. The quantitative estimate of drug-likeness (QED) is 0.277. The molecule has 0 radical (unpaired) electrons. The second-order valence-electron chi connectivity index (χ2n) is 10.5. The number of hydrogen-bond donors (Lipinski definition) is 0. The molecule has 2 heteroatoms. The normalized spacial score (nSPS) is 14.7. The summed E-state index contributed by atoms with van der Waals surface area (Å²) in [6, 6.07) is 40.6. The fourth-order valence-corrected chi connectivity index (χ4v) is 7.00. The van der Waals surface area contributed by atoms with E-state index < -0.39 is 0 Å². The van der Waals surface area contributed by atoms with Gasteiger partial charge in [-0.1, -0.05) is 116 Å². The maximum Gasteiger partial charge on any atom is 0.247 e. The molecule has 0 N–H and O–H groups in total. The molecule has 0 spiro atoms. The highest BCUT2D eigenvalue weighted by molar-refractivity contribution is 6.99. The van der Waals surface area contributed by atoms with Crippen molar-refractivity contribution in [3.05, 3.63) is 120 Å². The lowest BCUT2D eigenvalue weighted by atomic mass is 9.30. The highest BCUT2D eigenvalue weighted by Crippen LogP contribution is 2.42. The van der Waals surface area contributed by atoms with E-state index in [1.165, 1.54) is 66.1 Å². The Labute approximate surface area is 205 Å². The summed E-state index contributed by atoms with van der Waals surface area (Å²) in [6.45, 7) is 5.01. The first-order valence-electron chi connectivity index (χ1n) is 12.5. The first-order chi connectivity index (χ1) is 17.2. The van der Waals surface area contributed by atoms with Gasteiger partial charge in [-0.05, 0) is 45.3 Å². The van der Waals surface area contributed by atoms with Crippen molar-refractivity contribution in [2.75, 3.05) is 0 Å². The third-order valence-corrected chi connectivity index (χ3v) is 8.47. The van der Waals surface area contributed by atoms with E-state index in [1.54, 1.807) is 0 Å². The van der Waals surface area contributed by atoms with Gasteiger partial charge in [0.05, 0.1) is 5.52 Å². The van der Waals surface area contributed by atoms with Crippen LogP contribution in [0.25, 0.3) is 38.6 Å². The molecule has 164 valence electrons. The predicted molar refractivity (Wildman–Crippen MR) is 149 cm³/mol. The molecule has 6 aromatic rings. The largest absolute Gasteiger partial charge is 0.310 e. The fraction of sp³-hybridized carbons (Fsp3) is 0.0909.